The molecule has 0 aromatic heterocycles. The molecule has 1 aromatic carbocycles. The van der Waals surface area contributed by atoms with Crippen molar-refractivity contribution in [3.63, 3.8) is 0 Å². The van der Waals surface area contributed by atoms with E-state index in [-0.39, 0.29) is 11.4 Å². The van der Waals surface area contributed by atoms with Gasteiger partial charge in [-0.25, -0.2) is 17.9 Å². The maximum absolute atomic E-state index is 11.8. The Labute approximate surface area is 112 Å². The molecule has 0 aliphatic carbocycles. The van der Waals surface area contributed by atoms with Gasteiger partial charge in [0.1, 0.15) is 0 Å². The number of carbonyl (C=O) groups is 1. The number of carboxylic acid groups (broad SMARTS) is 1. The Bertz CT molecular complexity index is 600. The van der Waals surface area contributed by atoms with Gasteiger partial charge in [0.2, 0.25) is 10.0 Å². The van der Waals surface area contributed by atoms with Crippen LogP contribution in [0.5, 0.6) is 0 Å². The minimum atomic E-state index is -3.55. The fraction of sp³-hybridized carbons (Fsp3) is 0.154. The number of aliphatic carboxylic acids is 1. The van der Waals surface area contributed by atoms with Crippen molar-refractivity contribution in [3.05, 3.63) is 48.1 Å². The van der Waals surface area contributed by atoms with Crippen LogP contribution in [0.25, 0.3) is 6.08 Å². The van der Waals surface area contributed by atoms with Crippen LogP contribution in [0.2, 0.25) is 0 Å². The molecule has 1 aromatic rings. The Balaban J connectivity index is 2.86. The summed E-state index contributed by atoms with van der Waals surface area (Å²) in [7, 11) is -3.55. The molecule has 5 nitrogen and oxygen atoms in total. The first kappa shape index (κ1) is 15.1. The largest absolute Gasteiger partial charge is 0.478 e. The van der Waals surface area contributed by atoms with Crippen LogP contribution in [-0.2, 0) is 14.8 Å². The van der Waals surface area contributed by atoms with Gasteiger partial charge in [-0.05, 0) is 30.7 Å². The van der Waals surface area contributed by atoms with Gasteiger partial charge in [-0.3, -0.25) is 0 Å². The Kier molecular flexibility index (Phi) is 5.02. The van der Waals surface area contributed by atoms with Crippen molar-refractivity contribution in [2.75, 3.05) is 6.54 Å². The Morgan fingerprint density at radius 2 is 1.95 bits per heavy atom. The van der Waals surface area contributed by atoms with E-state index in [1.165, 1.54) is 30.3 Å². The van der Waals surface area contributed by atoms with E-state index in [0.29, 0.717) is 11.1 Å². The number of hydrogen-bond donors (Lipinski definition) is 2. The lowest BCUT2D eigenvalue weighted by molar-refractivity contribution is -0.131. The van der Waals surface area contributed by atoms with Gasteiger partial charge in [0.05, 0.1) is 4.90 Å². The van der Waals surface area contributed by atoms with Gasteiger partial charge in [-0.1, -0.05) is 24.3 Å². The van der Waals surface area contributed by atoms with Crippen LogP contribution in [0.15, 0.2) is 47.4 Å². The van der Waals surface area contributed by atoms with Crippen molar-refractivity contribution in [3.8, 4) is 0 Å². The summed E-state index contributed by atoms with van der Waals surface area (Å²) in [4.78, 5) is 10.5. The van der Waals surface area contributed by atoms with E-state index in [1.807, 2.05) is 0 Å². The first-order valence-corrected chi connectivity index (χ1v) is 6.95. The first-order chi connectivity index (χ1) is 8.81. The van der Waals surface area contributed by atoms with Crippen molar-refractivity contribution >= 4 is 22.1 Å². The molecule has 0 aliphatic heterocycles. The predicted molar refractivity (Wildman–Crippen MR) is 73.1 cm³/mol. The van der Waals surface area contributed by atoms with Crippen LogP contribution in [0, 0.1) is 0 Å². The van der Waals surface area contributed by atoms with Crippen LogP contribution in [0.3, 0.4) is 0 Å². The summed E-state index contributed by atoms with van der Waals surface area (Å²) in [5.74, 6) is -1.06. The first-order valence-electron chi connectivity index (χ1n) is 5.46. The van der Waals surface area contributed by atoms with Gasteiger partial charge in [0.15, 0.2) is 0 Å². The number of nitrogens with one attached hydrogen (secondary N) is 1. The third kappa shape index (κ3) is 5.07. The molecular formula is C13H15NO4S. The Morgan fingerprint density at radius 3 is 2.42 bits per heavy atom. The van der Waals surface area contributed by atoms with E-state index in [4.69, 9.17) is 5.11 Å². The van der Waals surface area contributed by atoms with Crippen LogP contribution in [0.1, 0.15) is 12.5 Å². The fourth-order valence-corrected chi connectivity index (χ4v) is 2.32. The van der Waals surface area contributed by atoms with Crippen molar-refractivity contribution in [2.24, 2.45) is 0 Å². The van der Waals surface area contributed by atoms with Crippen molar-refractivity contribution in [1.29, 1.82) is 0 Å². The standard InChI is InChI=1S/C13H15NO4S/c1-10(2)9-14-19(17,18)12-6-3-11(4-7-12)5-8-13(15)16/h3-8,14H,1,9H2,2H3,(H,15,16)/b8-5+. The molecule has 0 unspecified atom stereocenters. The molecule has 0 fully saturated rings. The number of sulfonamides is 1. The SMILES string of the molecule is C=C(C)CNS(=O)(=O)c1ccc(/C=C/C(=O)O)cc1. The molecule has 102 valence electrons. The van der Waals surface area contributed by atoms with Gasteiger partial charge < -0.3 is 5.11 Å². The Hall–Kier alpha value is -1.92. The van der Waals surface area contributed by atoms with Crippen molar-refractivity contribution < 1.29 is 18.3 Å². The van der Waals surface area contributed by atoms with E-state index in [1.54, 1.807) is 6.92 Å². The fourth-order valence-electron chi connectivity index (χ4n) is 1.23. The molecule has 0 bridgehead atoms. The van der Waals surface area contributed by atoms with Gasteiger partial charge in [-0.15, -0.1) is 0 Å². The lowest BCUT2D eigenvalue weighted by Gasteiger charge is -2.06. The normalized spacial score (nSPS) is 11.6. The monoisotopic (exact) mass is 281 g/mol. The zero-order valence-electron chi connectivity index (χ0n) is 10.5. The predicted octanol–water partition coefficient (Wildman–Crippen LogP) is 1.64. The molecule has 19 heavy (non-hydrogen) atoms. The molecule has 1 rings (SSSR count). The highest BCUT2D eigenvalue weighted by Crippen LogP contribution is 2.11. The van der Waals surface area contributed by atoms with Crippen LogP contribution in [0.4, 0.5) is 0 Å². The third-order valence-corrected chi connectivity index (χ3v) is 3.59. The lowest BCUT2D eigenvalue weighted by atomic mass is 10.2. The average molecular weight is 281 g/mol. The maximum atomic E-state index is 11.8. The highest BCUT2D eigenvalue weighted by molar-refractivity contribution is 7.89. The highest BCUT2D eigenvalue weighted by atomic mass is 32.2. The third-order valence-electron chi connectivity index (χ3n) is 2.17. The quantitative estimate of drug-likeness (QED) is 0.613. The Morgan fingerprint density at radius 1 is 1.37 bits per heavy atom. The van der Waals surface area contributed by atoms with Crippen LogP contribution < -0.4 is 4.72 Å². The molecule has 6 heteroatoms. The number of benzene rings is 1. The molecule has 0 heterocycles. The van der Waals surface area contributed by atoms with Crippen molar-refractivity contribution in [1.82, 2.24) is 4.72 Å². The molecule has 0 saturated carbocycles. The molecule has 0 saturated heterocycles. The lowest BCUT2D eigenvalue weighted by Crippen LogP contribution is -2.25. The van der Waals surface area contributed by atoms with E-state index in [9.17, 15) is 13.2 Å². The second-order valence-electron chi connectivity index (χ2n) is 4.02. The second kappa shape index (κ2) is 6.31. The average Bonchev–Trinajstić information content (AvgIpc) is 2.34. The summed E-state index contributed by atoms with van der Waals surface area (Å²) in [5.41, 5.74) is 1.32. The summed E-state index contributed by atoms with van der Waals surface area (Å²) in [6, 6.07) is 5.91. The summed E-state index contributed by atoms with van der Waals surface area (Å²) in [6.07, 6.45) is 2.38. The number of rotatable bonds is 6. The van der Waals surface area contributed by atoms with Crippen molar-refractivity contribution in [2.45, 2.75) is 11.8 Å². The summed E-state index contributed by atoms with van der Waals surface area (Å²) < 4.78 is 26.1. The second-order valence-corrected chi connectivity index (χ2v) is 5.79. The number of carboxylic acids is 1. The zero-order chi connectivity index (χ0) is 14.5. The molecule has 0 radical (unpaired) electrons. The van der Waals surface area contributed by atoms with Gasteiger partial charge in [-0.2, -0.15) is 0 Å². The maximum Gasteiger partial charge on any atom is 0.328 e. The van der Waals surface area contributed by atoms with E-state index in [2.05, 4.69) is 11.3 Å². The van der Waals surface area contributed by atoms with Gasteiger partial charge >= 0.3 is 5.97 Å². The smallest absolute Gasteiger partial charge is 0.328 e. The highest BCUT2D eigenvalue weighted by Gasteiger charge is 2.12. The van der Waals surface area contributed by atoms with Gasteiger partial charge in [0.25, 0.3) is 0 Å². The van der Waals surface area contributed by atoms with E-state index in [0.717, 1.165) is 6.08 Å². The van der Waals surface area contributed by atoms with E-state index < -0.39 is 16.0 Å². The molecule has 0 spiro atoms. The van der Waals surface area contributed by atoms with E-state index >= 15 is 0 Å². The minimum Gasteiger partial charge on any atom is -0.478 e. The number of hydrogen-bond acceptors (Lipinski definition) is 3. The molecular weight excluding hydrogens is 266 g/mol. The minimum absolute atomic E-state index is 0.126. The summed E-state index contributed by atoms with van der Waals surface area (Å²) in [5, 5.41) is 8.48. The van der Waals surface area contributed by atoms with Gasteiger partial charge in [0, 0.05) is 12.6 Å². The molecule has 0 amide bonds. The van der Waals surface area contributed by atoms with Crippen LogP contribution >= 0.6 is 0 Å². The topological polar surface area (TPSA) is 83.5 Å². The molecule has 0 atom stereocenters. The summed E-state index contributed by atoms with van der Waals surface area (Å²) >= 11 is 0. The molecule has 2 N–H and O–H groups in total. The zero-order valence-corrected chi connectivity index (χ0v) is 11.3. The van der Waals surface area contributed by atoms with Crippen LogP contribution in [-0.4, -0.2) is 26.0 Å². The summed E-state index contributed by atoms with van der Waals surface area (Å²) in [6.45, 7) is 5.52. The molecule has 0 aliphatic rings.